The van der Waals surface area contributed by atoms with E-state index in [4.69, 9.17) is 5.73 Å². The van der Waals surface area contributed by atoms with Crippen LogP contribution in [0.2, 0.25) is 0 Å². The summed E-state index contributed by atoms with van der Waals surface area (Å²) >= 11 is 3.32. The Labute approximate surface area is 115 Å². The first-order valence-corrected chi connectivity index (χ1v) is 7.11. The zero-order chi connectivity index (χ0) is 12.7. The molecule has 4 nitrogen and oxygen atoms in total. The third-order valence-electron chi connectivity index (χ3n) is 4.15. The van der Waals surface area contributed by atoms with Gasteiger partial charge in [0.05, 0.1) is 0 Å². The molecule has 2 aliphatic rings. The van der Waals surface area contributed by atoms with Crippen LogP contribution in [0.25, 0.3) is 0 Å². The van der Waals surface area contributed by atoms with Crippen molar-refractivity contribution in [2.45, 2.75) is 18.9 Å². The fourth-order valence-corrected chi connectivity index (χ4v) is 3.37. The van der Waals surface area contributed by atoms with Crippen molar-refractivity contribution in [2.24, 2.45) is 17.6 Å². The van der Waals surface area contributed by atoms with E-state index in [0.717, 1.165) is 30.4 Å². The van der Waals surface area contributed by atoms with Crippen molar-refractivity contribution in [3.05, 3.63) is 28.5 Å². The number of carbonyl (C=O) groups excluding carboxylic acids is 1. The van der Waals surface area contributed by atoms with Crippen LogP contribution < -0.4 is 5.73 Å². The Morgan fingerprint density at radius 2 is 2.22 bits per heavy atom. The number of likely N-dealkylation sites (tertiary alicyclic amines) is 1. The molecule has 0 aromatic carbocycles. The summed E-state index contributed by atoms with van der Waals surface area (Å²) in [5, 5.41) is 0. The van der Waals surface area contributed by atoms with E-state index in [-0.39, 0.29) is 11.9 Å². The summed E-state index contributed by atoms with van der Waals surface area (Å²) < 4.78 is 0.888. The number of amides is 1. The van der Waals surface area contributed by atoms with E-state index >= 15 is 0 Å². The summed E-state index contributed by atoms with van der Waals surface area (Å²) in [4.78, 5) is 18.4. The van der Waals surface area contributed by atoms with Gasteiger partial charge in [0, 0.05) is 29.8 Å². The number of rotatable bonds is 1. The number of hydrogen-bond acceptors (Lipinski definition) is 3. The van der Waals surface area contributed by atoms with Gasteiger partial charge in [-0.1, -0.05) is 0 Å². The summed E-state index contributed by atoms with van der Waals surface area (Å²) in [5.41, 5.74) is 6.60. The van der Waals surface area contributed by atoms with Gasteiger partial charge in [-0.25, -0.2) is 4.98 Å². The number of carbonyl (C=O) groups is 1. The van der Waals surface area contributed by atoms with Gasteiger partial charge in [0.1, 0.15) is 5.69 Å². The van der Waals surface area contributed by atoms with E-state index in [9.17, 15) is 4.79 Å². The SMILES string of the molecule is NC1CCC2CN(C(=O)c3ccc(Br)cn3)CC12. The molecule has 0 radical (unpaired) electrons. The molecule has 3 atom stereocenters. The summed E-state index contributed by atoms with van der Waals surface area (Å²) in [6.07, 6.45) is 3.92. The molecular weight excluding hydrogens is 294 g/mol. The van der Waals surface area contributed by atoms with Crippen molar-refractivity contribution >= 4 is 21.8 Å². The molecule has 2 heterocycles. The third kappa shape index (κ3) is 2.06. The van der Waals surface area contributed by atoms with Gasteiger partial charge in [-0.3, -0.25) is 4.79 Å². The fourth-order valence-electron chi connectivity index (χ4n) is 3.14. The number of halogens is 1. The zero-order valence-electron chi connectivity index (χ0n) is 10.1. The van der Waals surface area contributed by atoms with Gasteiger partial charge in [0.25, 0.3) is 5.91 Å². The summed E-state index contributed by atoms with van der Waals surface area (Å²) in [6, 6.07) is 3.88. The largest absolute Gasteiger partial charge is 0.337 e. The lowest BCUT2D eigenvalue weighted by atomic mass is 9.98. The van der Waals surface area contributed by atoms with Crippen LogP contribution in [0, 0.1) is 11.8 Å². The van der Waals surface area contributed by atoms with E-state index in [0.29, 0.717) is 17.5 Å². The minimum Gasteiger partial charge on any atom is -0.337 e. The second-order valence-corrected chi connectivity index (χ2v) is 6.15. The standard InChI is InChI=1S/C13H16BrN3O/c14-9-2-4-12(16-5-9)13(18)17-6-8-1-3-11(15)10(8)7-17/h2,4-5,8,10-11H,1,3,6-7,15H2. The highest BCUT2D eigenvalue weighted by Crippen LogP contribution is 2.37. The highest BCUT2D eigenvalue weighted by Gasteiger charge is 2.42. The Bertz CT molecular complexity index is 462. The van der Waals surface area contributed by atoms with Crippen molar-refractivity contribution in [2.75, 3.05) is 13.1 Å². The van der Waals surface area contributed by atoms with Crippen LogP contribution in [-0.4, -0.2) is 34.9 Å². The molecule has 0 bridgehead atoms. The number of nitrogens with two attached hydrogens (primary N) is 1. The predicted octanol–water partition coefficient (Wildman–Crippen LogP) is 1.65. The molecule has 1 aromatic rings. The molecule has 1 aliphatic carbocycles. The summed E-state index contributed by atoms with van der Waals surface area (Å²) in [7, 11) is 0. The predicted molar refractivity (Wildman–Crippen MR) is 72.0 cm³/mol. The molecule has 5 heteroatoms. The Kier molecular flexibility index (Phi) is 3.11. The normalized spacial score (nSPS) is 30.6. The maximum atomic E-state index is 12.3. The molecule has 0 spiro atoms. The van der Waals surface area contributed by atoms with Crippen molar-refractivity contribution in [1.29, 1.82) is 0 Å². The smallest absolute Gasteiger partial charge is 0.272 e. The van der Waals surface area contributed by atoms with E-state index in [2.05, 4.69) is 20.9 Å². The molecule has 3 unspecified atom stereocenters. The molecule has 96 valence electrons. The first kappa shape index (κ1) is 12.1. The minimum atomic E-state index is 0.0316. The van der Waals surface area contributed by atoms with E-state index in [1.807, 2.05) is 11.0 Å². The van der Waals surface area contributed by atoms with Crippen LogP contribution in [0.1, 0.15) is 23.3 Å². The Hall–Kier alpha value is -0.940. The van der Waals surface area contributed by atoms with Crippen LogP contribution in [-0.2, 0) is 0 Å². The average molecular weight is 310 g/mol. The molecule has 1 aromatic heterocycles. The lowest BCUT2D eigenvalue weighted by Crippen LogP contribution is -2.33. The van der Waals surface area contributed by atoms with Gasteiger partial charge < -0.3 is 10.6 Å². The van der Waals surface area contributed by atoms with Crippen LogP contribution in [0.15, 0.2) is 22.8 Å². The molecule has 1 amide bonds. The molecule has 3 rings (SSSR count). The van der Waals surface area contributed by atoms with Gasteiger partial charge in [-0.2, -0.15) is 0 Å². The van der Waals surface area contributed by atoms with Crippen LogP contribution >= 0.6 is 15.9 Å². The number of nitrogens with zero attached hydrogens (tertiary/aromatic N) is 2. The fraction of sp³-hybridized carbons (Fsp3) is 0.538. The van der Waals surface area contributed by atoms with Gasteiger partial charge in [0.15, 0.2) is 0 Å². The zero-order valence-corrected chi connectivity index (χ0v) is 11.6. The summed E-state index contributed by atoms with van der Waals surface area (Å²) in [5.74, 6) is 1.12. The van der Waals surface area contributed by atoms with E-state index in [1.165, 1.54) is 0 Å². The maximum absolute atomic E-state index is 12.3. The van der Waals surface area contributed by atoms with Gasteiger partial charge in [-0.05, 0) is 52.7 Å². The van der Waals surface area contributed by atoms with Gasteiger partial charge >= 0.3 is 0 Å². The number of pyridine rings is 1. The monoisotopic (exact) mass is 309 g/mol. The Balaban J connectivity index is 1.73. The van der Waals surface area contributed by atoms with Crippen LogP contribution in [0.4, 0.5) is 0 Å². The Morgan fingerprint density at radius 3 is 2.89 bits per heavy atom. The molecular formula is C13H16BrN3O. The first-order chi connectivity index (χ1) is 8.65. The lowest BCUT2D eigenvalue weighted by Gasteiger charge is -2.18. The van der Waals surface area contributed by atoms with Crippen molar-refractivity contribution in [1.82, 2.24) is 9.88 Å². The number of fused-ring (bicyclic) bond motifs is 1. The molecule has 18 heavy (non-hydrogen) atoms. The minimum absolute atomic E-state index is 0.0316. The van der Waals surface area contributed by atoms with Crippen molar-refractivity contribution in [3.8, 4) is 0 Å². The highest BCUT2D eigenvalue weighted by molar-refractivity contribution is 9.10. The van der Waals surface area contributed by atoms with E-state index < -0.39 is 0 Å². The topological polar surface area (TPSA) is 59.2 Å². The van der Waals surface area contributed by atoms with Crippen molar-refractivity contribution in [3.63, 3.8) is 0 Å². The second-order valence-electron chi connectivity index (χ2n) is 5.24. The highest BCUT2D eigenvalue weighted by atomic mass is 79.9. The van der Waals surface area contributed by atoms with Gasteiger partial charge in [-0.15, -0.1) is 0 Å². The second kappa shape index (κ2) is 4.63. The maximum Gasteiger partial charge on any atom is 0.272 e. The van der Waals surface area contributed by atoms with Crippen LogP contribution in [0.3, 0.4) is 0 Å². The molecule has 1 saturated heterocycles. The lowest BCUT2D eigenvalue weighted by molar-refractivity contribution is 0.0774. The summed E-state index contributed by atoms with van der Waals surface area (Å²) in [6.45, 7) is 1.64. The quantitative estimate of drug-likeness (QED) is 0.858. The molecule has 2 N–H and O–H groups in total. The molecule has 2 fully saturated rings. The first-order valence-electron chi connectivity index (χ1n) is 6.31. The molecule has 1 saturated carbocycles. The van der Waals surface area contributed by atoms with Gasteiger partial charge in [0.2, 0.25) is 0 Å². The number of hydrogen-bond donors (Lipinski definition) is 1. The number of aromatic nitrogens is 1. The van der Waals surface area contributed by atoms with E-state index in [1.54, 1.807) is 12.3 Å². The third-order valence-corrected chi connectivity index (χ3v) is 4.62. The Morgan fingerprint density at radius 1 is 1.39 bits per heavy atom. The van der Waals surface area contributed by atoms with Crippen molar-refractivity contribution < 1.29 is 4.79 Å². The molecule has 1 aliphatic heterocycles. The average Bonchev–Trinajstić information content (AvgIpc) is 2.92. The van der Waals surface area contributed by atoms with Crippen LogP contribution in [0.5, 0.6) is 0 Å².